The van der Waals surface area contributed by atoms with Crippen molar-refractivity contribution in [2.24, 2.45) is 10.7 Å². The first-order valence-corrected chi connectivity index (χ1v) is 8.05. The van der Waals surface area contributed by atoms with Crippen LogP contribution in [0.15, 0.2) is 47.3 Å². The molecule has 1 amide bonds. The molecule has 28 heavy (non-hydrogen) atoms. The molecule has 3 rings (SSSR count). The Bertz CT molecular complexity index is 1010. The number of carbonyl (C=O) groups excluding carboxylic acids is 1. The predicted molar refractivity (Wildman–Crippen MR) is 97.1 cm³/mol. The summed E-state index contributed by atoms with van der Waals surface area (Å²) in [5, 5.41) is 2.50. The number of hydrogen-bond acceptors (Lipinski definition) is 6. The Hall–Kier alpha value is -3.56. The molecular formula is C18H16F3N5O2. The molecule has 0 aliphatic carbocycles. The summed E-state index contributed by atoms with van der Waals surface area (Å²) in [5.41, 5.74) is 9.71. The smallest absolute Gasteiger partial charge is 0.288 e. The van der Waals surface area contributed by atoms with E-state index in [0.29, 0.717) is 0 Å². The number of amidine groups is 1. The van der Waals surface area contributed by atoms with E-state index < -0.39 is 29.8 Å². The molecule has 0 fully saturated rings. The van der Waals surface area contributed by atoms with Crippen LogP contribution in [0.4, 0.5) is 24.5 Å². The zero-order chi connectivity index (χ0) is 20.5. The van der Waals surface area contributed by atoms with Gasteiger partial charge in [0, 0.05) is 17.3 Å². The highest BCUT2D eigenvalue weighted by molar-refractivity contribution is 6.06. The van der Waals surface area contributed by atoms with E-state index in [-0.39, 0.29) is 34.4 Å². The lowest BCUT2D eigenvalue weighted by atomic mass is 9.90. The topological polar surface area (TPSA) is 116 Å². The Morgan fingerprint density at radius 2 is 2.04 bits per heavy atom. The normalized spacial score (nSPS) is 18.7. The van der Waals surface area contributed by atoms with E-state index in [4.69, 9.17) is 16.2 Å². The van der Waals surface area contributed by atoms with E-state index in [9.17, 15) is 18.0 Å². The summed E-state index contributed by atoms with van der Waals surface area (Å²) in [7, 11) is 0. The third-order valence-electron chi connectivity index (χ3n) is 4.02. The summed E-state index contributed by atoms with van der Waals surface area (Å²) < 4.78 is 45.5. The second kappa shape index (κ2) is 7.22. The van der Waals surface area contributed by atoms with Crippen LogP contribution < -0.4 is 16.8 Å². The number of ether oxygens (including phenoxy) is 1. The molecule has 0 saturated heterocycles. The summed E-state index contributed by atoms with van der Waals surface area (Å²) >= 11 is 0. The molecule has 5 N–H and O–H groups in total. The van der Waals surface area contributed by atoms with Crippen molar-refractivity contribution in [3.63, 3.8) is 0 Å². The Balaban J connectivity index is 1.95. The van der Waals surface area contributed by atoms with Crippen LogP contribution >= 0.6 is 0 Å². The zero-order valence-electron chi connectivity index (χ0n) is 14.7. The first-order chi connectivity index (χ1) is 13.2. The standard InChI is InChI=1S/C18H16F3N5O2/c1-18(6-11(7-19)28-17(23)26-18)12-5-10(2-3-13(12)21)25-16(27)15-14(22)4-9(20)8-24-15/h2-6,8H,7,22H2,1H3,(H2,23,26)(H,25,27)/t18-/m0/s1. The molecule has 7 nitrogen and oxygen atoms in total. The number of carbonyl (C=O) groups is 1. The maximum atomic E-state index is 14.5. The molecule has 2 aromatic rings. The number of hydrogen-bond donors (Lipinski definition) is 3. The minimum Gasteiger partial charge on any atom is -0.428 e. The van der Waals surface area contributed by atoms with Gasteiger partial charge in [-0.1, -0.05) is 0 Å². The van der Waals surface area contributed by atoms with Crippen LogP contribution in [0.1, 0.15) is 23.0 Å². The Morgan fingerprint density at radius 3 is 2.71 bits per heavy atom. The summed E-state index contributed by atoms with van der Waals surface area (Å²) in [6.07, 6.45) is 2.15. The van der Waals surface area contributed by atoms with E-state index in [1.165, 1.54) is 25.1 Å². The molecule has 0 saturated carbocycles. The lowest BCUT2D eigenvalue weighted by Crippen LogP contribution is -2.31. The molecule has 0 radical (unpaired) electrons. The minimum atomic E-state index is -1.35. The van der Waals surface area contributed by atoms with Crippen molar-refractivity contribution in [2.45, 2.75) is 12.5 Å². The lowest BCUT2D eigenvalue weighted by molar-refractivity contribution is 0.102. The quantitative estimate of drug-likeness (QED) is 0.741. The highest BCUT2D eigenvalue weighted by Gasteiger charge is 2.32. The first kappa shape index (κ1) is 19.2. The van der Waals surface area contributed by atoms with Crippen LogP contribution in [-0.2, 0) is 10.3 Å². The highest BCUT2D eigenvalue weighted by Crippen LogP contribution is 2.35. The van der Waals surface area contributed by atoms with Crippen LogP contribution in [-0.4, -0.2) is 23.6 Å². The molecule has 10 heteroatoms. The van der Waals surface area contributed by atoms with Gasteiger partial charge in [-0.2, -0.15) is 0 Å². The maximum Gasteiger partial charge on any atom is 0.288 e. The van der Waals surface area contributed by atoms with Crippen molar-refractivity contribution < 1.29 is 22.7 Å². The molecule has 2 heterocycles. The Kier molecular flexibility index (Phi) is 4.95. The van der Waals surface area contributed by atoms with Crippen LogP contribution in [0.2, 0.25) is 0 Å². The van der Waals surface area contributed by atoms with Gasteiger partial charge >= 0.3 is 0 Å². The lowest BCUT2D eigenvalue weighted by Gasteiger charge is -2.28. The minimum absolute atomic E-state index is 0.0301. The van der Waals surface area contributed by atoms with Crippen molar-refractivity contribution >= 4 is 23.3 Å². The average Bonchev–Trinajstić information content (AvgIpc) is 2.62. The molecular weight excluding hydrogens is 375 g/mol. The van der Waals surface area contributed by atoms with E-state index >= 15 is 0 Å². The molecule has 146 valence electrons. The largest absolute Gasteiger partial charge is 0.428 e. The number of pyridine rings is 1. The summed E-state index contributed by atoms with van der Waals surface area (Å²) in [5.74, 6) is -2.15. The van der Waals surface area contributed by atoms with Crippen molar-refractivity contribution in [3.05, 3.63) is 65.2 Å². The number of nitrogen functional groups attached to an aromatic ring is 1. The maximum absolute atomic E-state index is 14.5. The van der Waals surface area contributed by atoms with Crippen LogP contribution in [0.5, 0.6) is 0 Å². The van der Waals surface area contributed by atoms with Gasteiger partial charge in [-0.15, -0.1) is 0 Å². The predicted octanol–water partition coefficient (Wildman–Crippen LogP) is 2.61. The van der Waals surface area contributed by atoms with Crippen LogP contribution in [0.25, 0.3) is 0 Å². The summed E-state index contributed by atoms with van der Waals surface area (Å²) in [4.78, 5) is 20.1. The average molecular weight is 391 g/mol. The fraction of sp³-hybridized carbons (Fsp3) is 0.167. The van der Waals surface area contributed by atoms with Crippen LogP contribution in [0, 0.1) is 11.6 Å². The third kappa shape index (κ3) is 3.75. The molecule has 1 aromatic heterocycles. The Labute approximate surface area is 157 Å². The monoisotopic (exact) mass is 391 g/mol. The number of nitrogens with two attached hydrogens (primary N) is 2. The van der Waals surface area contributed by atoms with E-state index in [2.05, 4.69) is 15.3 Å². The number of alkyl halides is 1. The number of rotatable bonds is 4. The van der Waals surface area contributed by atoms with Crippen LogP contribution in [0.3, 0.4) is 0 Å². The number of allylic oxidation sites excluding steroid dienone is 1. The SMILES string of the molecule is C[C@@]1(c2cc(NC(=O)c3ncc(F)cc3N)ccc2F)C=C(CF)OC(N)=N1. The summed E-state index contributed by atoms with van der Waals surface area (Å²) in [6, 6.07) is 4.39. The fourth-order valence-electron chi connectivity index (χ4n) is 2.79. The van der Waals surface area contributed by atoms with E-state index in [1.54, 1.807) is 0 Å². The molecule has 0 unspecified atom stereocenters. The number of aliphatic imine (C=N–C) groups is 1. The Morgan fingerprint density at radius 1 is 1.29 bits per heavy atom. The van der Waals surface area contributed by atoms with Gasteiger partial charge in [0.1, 0.15) is 29.6 Å². The number of halogens is 3. The molecule has 1 aliphatic heterocycles. The number of nitrogens with one attached hydrogen (secondary N) is 1. The van der Waals surface area contributed by atoms with Crippen molar-refractivity contribution in [1.29, 1.82) is 0 Å². The second-order valence-electron chi connectivity index (χ2n) is 6.18. The second-order valence-corrected chi connectivity index (χ2v) is 6.18. The number of amides is 1. The third-order valence-corrected chi connectivity index (χ3v) is 4.02. The number of aromatic nitrogens is 1. The van der Waals surface area contributed by atoms with Gasteiger partial charge in [0.15, 0.2) is 5.69 Å². The van der Waals surface area contributed by atoms with Gasteiger partial charge in [-0.25, -0.2) is 23.1 Å². The molecule has 1 aromatic carbocycles. The number of anilines is 2. The zero-order valence-corrected chi connectivity index (χ0v) is 14.7. The van der Waals surface area contributed by atoms with Gasteiger partial charge in [0.25, 0.3) is 11.9 Å². The molecule has 1 aliphatic rings. The summed E-state index contributed by atoms with van der Waals surface area (Å²) in [6.45, 7) is 0.570. The fourth-order valence-corrected chi connectivity index (χ4v) is 2.79. The first-order valence-electron chi connectivity index (χ1n) is 8.05. The highest BCUT2D eigenvalue weighted by atomic mass is 19.1. The number of benzene rings is 1. The van der Waals surface area contributed by atoms with Gasteiger partial charge in [-0.05, 0) is 31.2 Å². The van der Waals surface area contributed by atoms with Gasteiger partial charge in [0.2, 0.25) is 0 Å². The molecule has 0 spiro atoms. The van der Waals surface area contributed by atoms with Gasteiger partial charge in [-0.3, -0.25) is 4.79 Å². The van der Waals surface area contributed by atoms with Crippen molar-refractivity contribution in [2.75, 3.05) is 17.7 Å². The van der Waals surface area contributed by atoms with Gasteiger partial charge in [0.05, 0.1) is 11.9 Å². The van der Waals surface area contributed by atoms with Crippen molar-refractivity contribution in [1.82, 2.24) is 4.98 Å². The number of nitrogens with zero attached hydrogens (tertiary/aromatic N) is 2. The molecule has 1 atom stereocenters. The van der Waals surface area contributed by atoms with E-state index in [1.807, 2.05) is 0 Å². The van der Waals surface area contributed by atoms with E-state index in [0.717, 1.165) is 18.3 Å². The molecule has 0 bridgehead atoms. The van der Waals surface area contributed by atoms with Crippen molar-refractivity contribution in [3.8, 4) is 0 Å². The van der Waals surface area contributed by atoms with Gasteiger partial charge < -0.3 is 21.5 Å².